The summed E-state index contributed by atoms with van der Waals surface area (Å²) < 4.78 is 0. The molecular formula is C15H26N2S. The van der Waals surface area contributed by atoms with Gasteiger partial charge in [0, 0.05) is 17.5 Å². The first-order valence-electron chi connectivity index (χ1n) is 7.29. The lowest BCUT2D eigenvalue weighted by molar-refractivity contribution is 0.123. The normalized spacial score (nSPS) is 19.8. The lowest BCUT2D eigenvalue weighted by atomic mass is 9.84. The molecule has 3 heteroatoms. The van der Waals surface area contributed by atoms with Crippen LogP contribution in [0.15, 0.2) is 17.5 Å². The first-order chi connectivity index (χ1) is 8.76. The standard InChI is InChI=1S/C15H26N2S/c1-3-13(16)15(14-9-6-10-18-14)17(4-2)11-12-7-5-8-12/h6,9-10,12-13,15H,3-5,7-8,11,16H2,1-2H3. The van der Waals surface area contributed by atoms with E-state index in [-0.39, 0.29) is 6.04 Å². The molecule has 0 aromatic carbocycles. The van der Waals surface area contributed by atoms with Crippen LogP contribution in [0.4, 0.5) is 0 Å². The molecule has 0 amide bonds. The van der Waals surface area contributed by atoms with E-state index in [9.17, 15) is 0 Å². The van der Waals surface area contributed by atoms with Crippen LogP contribution in [0.25, 0.3) is 0 Å². The molecule has 2 unspecified atom stereocenters. The van der Waals surface area contributed by atoms with Gasteiger partial charge in [-0.05, 0) is 43.2 Å². The zero-order valence-corrected chi connectivity index (χ0v) is 12.5. The molecule has 0 saturated heterocycles. The van der Waals surface area contributed by atoms with Gasteiger partial charge < -0.3 is 5.73 Å². The van der Waals surface area contributed by atoms with Gasteiger partial charge in [0.1, 0.15) is 0 Å². The van der Waals surface area contributed by atoms with Gasteiger partial charge in [-0.3, -0.25) is 4.90 Å². The van der Waals surface area contributed by atoms with Gasteiger partial charge in [-0.1, -0.05) is 26.3 Å². The minimum atomic E-state index is 0.253. The molecule has 1 saturated carbocycles. The Kier molecular flexibility index (Phi) is 5.22. The van der Waals surface area contributed by atoms with Gasteiger partial charge in [0.2, 0.25) is 0 Å². The van der Waals surface area contributed by atoms with Crippen LogP contribution in [-0.4, -0.2) is 24.0 Å². The molecule has 1 fully saturated rings. The largest absolute Gasteiger partial charge is 0.326 e. The SMILES string of the molecule is CCC(N)C(c1cccs1)N(CC)CC1CCC1. The van der Waals surface area contributed by atoms with E-state index in [1.165, 1.54) is 30.7 Å². The molecule has 2 N–H and O–H groups in total. The molecule has 1 aliphatic carbocycles. The van der Waals surface area contributed by atoms with Gasteiger partial charge in [0.15, 0.2) is 0 Å². The highest BCUT2D eigenvalue weighted by Crippen LogP contribution is 2.33. The summed E-state index contributed by atoms with van der Waals surface area (Å²) in [5, 5.41) is 2.17. The fourth-order valence-electron chi connectivity index (χ4n) is 2.79. The Bertz CT molecular complexity index is 332. The van der Waals surface area contributed by atoms with Crippen LogP contribution in [0.3, 0.4) is 0 Å². The zero-order chi connectivity index (χ0) is 13.0. The van der Waals surface area contributed by atoms with Crippen molar-refractivity contribution >= 4 is 11.3 Å². The average molecular weight is 266 g/mol. The van der Waals surface area contributed by atoms with E-state index in [4.69, 9.17) is 5.73 Å². The van der Waals surface area contributed by atoms with Crippen LogP contribution in [0.1, 0.15) is 50.4 Å². The van der Waals surface area contributed by atoms with E-state index in [1.807, 2.05) is 11.3 Å². The summed E-state index contributed by atoms with van der Waals surface area (Å²) in [5.41, 5.74) is 6.39. The van der Waals surface area contributed by atoms with Crippen molar-refractivity contribution in [3.05, 3.63) is 22.4 Å². The zero-order valence-electron chi connectivity index (χ0n) is 11.6. The number of thiophene rings is 1. The molecule has 1 aromatic heterocycles. The van der Waals surface area contributed by atoms with Gasteiger partial charge in [0.25, 0.3) is 0 Å². The highest BCUT2D eigenvalue weighted by Gasteiger charge is 2.29. The third-order valence-corrected chi connectivity index (χ3v) is 5.17. The van der Waals surface area contributed by atoms with Crippen LogP contribution in [-0.2, 0) is 0 Å². The molecule has 2 rings (SSSR count). The summed E-state index contributed by atoms with van der Waals surface area (Å²) in [6.45, 7) is 6.80. The second-order valence-corrected chi connectivity index (χ2v) is 6.40. The van der Waals surface area contributed by atoms with Crippen molar-refractivity contribution in [3.63, 3.8) is 0 Å². The van der Waals surface area contributed by atoms with E-state index >= 15 is 0 Å². The smallest absolute Gasteiger partial charge is 0.0593 e. The minimum absolute atomic E-state index is 0.253. The lowest BCUT2D eigenvalue weighted by Gasteiger charge is -2.38. The van der Waals surface area contributed by atoms with Crippen LogP contribution in [0, 0.1) is 5.92 Å². The minimum Gasteiger partial charge on any atom is -0.326 e. The van der Waals surface area contributed by atoms with E-state index < -0.39 is 0 Å². The van der Waals surface area contributed by atoms with Crippen molar-refractivity contribution in [3.8, 4) is 0 Å². The van der Waals surface area contributed by atoms with Gasteiger partial charge in [-0.25, -0.2) is 0 Å². The van der Waals surface area contributed by atoms with E-state index in [1.54, 1.807) is 0 Å². The number of likely N-dealkylation sites (N-methyl/N-ethyl adjacent to an activating group) is 1. The van der Waals surface area contributed by atoms with Crippen molar-refractivity contribution in [2.45, 2.75) is 51.6 Å². The highest BCUT2D eigenvalue weighted by atomic mass is 32.1. The van der Waals surface area contributed by atoms with E-state index in [2.05, 4.69) is 36.3 Å². The maximum absolute atomic E-state index is 6.39. The van der Waals surface area contributed by atoms with Crippen LogP contribution in [0.2, 0.25) is 0 Å². The van der Waals surface area contributed by atoms with Crippen LogP contribution >= 0.6 is 11.3 Å². The van der Waals surface area contributed by atoms with Crippen molar-refractivity contribution in [1.82, 2.24) is 4.90 Å². The Hall–Kier alpha value is -0.380. The summed E-state index contributed by atoms with van der Waals surface area (Å²) >= 11 is 1.85. The first kappa shape index (κ1) is 14.0. The molecule has 0 radical (unpaired) electrons. The van der Waals surface area contributed by atoms with Crippen LogP contribution < -0.4 is 5.73 Å². The van der Waals surface area contributed by atoms with Gasteiger partial charge in [0.05, 0.1) is 6.04 Å². The molecule has 0 spiro atoms. The average Bonchev–Trinajstić information content (AvgIpc) is 2.84. The molecule has 18 heavy (non-hydrogen) atoms. The molecular weight excluding hydrogens is 240 g/mol. The fraction of sp³-hybridized carbons (Fsp3) is 0.733. The molecule has 102 valence electrons. The lowest BCUT2D eigenvalue weighted by Crippen LogP contribution is -2.43. The quantitative estimate of drug-likeness (QED) is 0.816. The number of hydrogen-bond acceptors (Lipinski definition) is 3. The van der Waals surface area contributed by atoms with Crippen molar-refractivity contribution < 1.29 is 0 Å². The summed E-state index contributed by atoms with van der Waals surface area (Å²) in [6, 6.07) is 5.06. The Labute approximate surface area is 115 Å². The Morgan fingerprint density at radius 3 is 2.67 bits per heavy atom. The Morgan fingerprint density at radius 2 is 2.22 bits per heavy atom. The molecule has 0 bridgehead atoms. The fourth-order valence-corrected chi connectivity index (χ4v) is 3.73. The number of hydrogen-bond donors (Lipinski definition) is 1. The Morgan fingerprint density at radius 1 is 1.44 bits per heavy atom. The summed E-state index contributed by atoms with van der Waals surface area (Å²) in [4.78, 5) is 4.04. The maximum Gasteiger partial charge on any atom is 0.0593 e. The topological polar surface area (TPSA) is 29.3 Å². The molecule has 1 heterocycles. The van der Waals surface area contributed by atoms with Gasteiger partial charge >= 0.3 is 0 Å². The van der Waals surface area contributed by atoms with Gasteiger partial charge in [-0.15, -0.1) is 11.3 Å². The van der Waals surface area contributed by atoms with E-state index in [0.717, 1.165) is 18.9 Å². The number of rotatable bonds is 7. The monoisotopic (exact) mass is 266 g/mol. The first-order valence-corrected chi connectivity index (χ1v) is 8.17. The predicted octanol–water partition coefficient (Wildman–Crippen LogP) is 3.65. The van der Waals surface area contributed by atoms with Crippen molar-refractivity contribution in [2.75, 3.05) is 13.1 Å². The highest BCUT2D eigenvalue weighted by molar-refractivity contribution is 7.10. The maximum atomic E-state index is 6.39. The summed E-state index contributed by atoms with van der Waals surface area (Å²) in [7, 11) is 0. The predicted molar refractivity (Wildman–Crippen MR) is 79.9 cm³/mol. The molecule has 1 aromatic rings. The Balaban J connectivity index is 2.09. The number of nitrogens with two attached hydrogens (primary N) is 1. The van der Waals surface area contributed by atoms with Crippen molar-refractivity contribution in [2.24, 2.45) is 11.7 Å². The summed E-state index contributed by atoms with van der Waals surface area (Å²) in [6.07, 6.45) is 5.29. The van der Waals surface area contributed by atoms with Gasteiger partial charge in [-0.2, -0.15) is 0 Å². The van der Waals surface area contributed by atoms with E-state index in [0.29, 0.717) is 6.04 Å². The molecule has 1 aliphatic rings. The number of nitrogens with zero attached hydrogens (tertiary/aromatic N) is 1. The summed E-state index contributed by atoms with van der Waals surface area (Å²) in [5.74, 6) is 0.913. The van der Waals surface area contributed by atoms with Crippen molar-refractivity contribution in [1.29, 1.82) is 0 Å². The molecule has 0 aliphatic heterocycles. The van der Waals surface area contributed by atoms with Crippen LogP contribution in [0.5, 0.6) is 0 Å². The molecule has 2 atom stereocenters. The third kappa shape index (κ3) is 3.14. The molecule has 2 nitrogen and oxygen atoms in total. The second-order valence-electron chi connectivity index (χ2n) is 5.42. The third-order valence-electron chi connectivity index (χ3n) is 4.23. The second kappa shape index (κ2) is 6.69.